The molecule has 13 nitrogen and oxygen atoms in total. The molecule has 1 N–H and O–H groups in total. The second-order valence-electron chi connectivity index (χ2n) is 17.0. The largest absolute Gasteiger partial charge is 0.494 e. The minimum atomic E-state index is -1.36. The Morgan fingerprint density at radius 3 is 2.16 bits per heavy atom. The standard InChI is InChI=1S/C41H62N6O7Si2/c1-10-53-31(2)36-37(32-16-18-41(19-17-32,40(48)49)54-21-20-50-3)44-38-35(33-26-42-46(28-33)34-14-12-11-13-15-34)27-43-47(38)39(36)45(29-51-22-24-55(4,5)6)30-52-23-25-56(7,8)9/h11-15,26-28,32H,2,10,16-25,29-30H2,1,3-9H3,(H,48,49). The average Bonchev–Trinajstić information content (AvgIpc) is 3.81. The molecule has 3 heterocycles. The normalized spacial score (nSPS) is 17.7. The van der Waals surface area contributed by atoms with E-state index in [1.54, 1.807) is 7.11 Å². The van der Waals surface area contributed by atoms with Crippen LogP contribution in [0.4, 0.5) is 5.82 Å². The summed E-state index contributed by atoms with van der Waals surface area (Å²) in [7, 11) is -1.15. The van der Waals surface area contributed by atoms with Gasteiger partial charge in [-0.3, -0.25) is 0 Å². The summed E-state index contributed by atoms with van der Waals surface area (Å²) >= 11 is 0. The first-order chi connectivity index (χ1) is 26.7. The van der Waals surface area contributed by atoms with Gasteiger partial charge < -0.3 is 33.7 Å². The minimum absolute atomic E-state index is 0.123. The molecule has 306 valence electrons. The van der Waals surface area contributed by atoms with Gasteiger partial charge in [-0.2, -0.15) is 14.7 Å². The number of methoxy groups -OCH3 is 1. The Hall–Kier alpha value is -3.87. The van der Waals surface area contributed by atoms with Crippen LogP contribution in [0.3, 0.4) is 0 Å². The summed E-state index contributed by atoms with van der Waals surface area (Å²) in [6.07, 6.45) is 7.33. The first-order valence-corrected chi connectivity index (χ1v) is 27.2. The SMILES string of the molecule is C=C(OCC)c1c(C2CCC(OCCOC)(C(=O)O)CC2)nc2c(-c3cnn(-c4ccccc4)c3)cnn2c1N(COCC[Si](C)(C)C)COCC[Si](C)(C)C. The van der Waals surface area contributed by atoms with E-state index in [1.165, 1.54) is 0 Å². The van der Waals surface area contributed by atoms with Crippen LogP contribution >= 0.6 is 0 Å². The maximum Gasteiger partial charge on any atom is 0.335 e. The van der Waals surface area contributed by atoms with E-state index < -0.39 is 27.7 Å². The van der Waals surface area contributed by atoms with Crippen LogP contribution in [-0.2, 0) is 28.5 Å². The molecule has 0 atom stereocenters. The number of aliphatic carboxylic acids is 1. The number of carboxylic acid groups (broad SMARTS) is 1. The lowest BCUT2D eigenvalue weighted by molar-refractivity contribution is -0.173. The lowest BCUT2D eigenvalue weighted by atomic mass is 9.76. The predicted molar refractivity (Wildman–Crippen MR) is 226 cm³/mol. The predicted octanol–water partition coefficient (Wildman–Crippen LogP) is 8.16. The Morgan fingerprint density at radius 2 is 1.59 bits per heavy atom. The van der Waals surface area contributed by atoms with Crippen LogP contribution in [0.1, 0.15) is 49.8 Å². The fraction of sp³-hybridized carbons (Fsp3) is 0.561. The van der Waals surface area contributed by atoms with Crippen molar-refractivity contribution in [2.24, 2.45) is 0 Å². The molecule has 15 heteroatoms. The molecule has 0 amide bonds. The number of hydrogen-bond acceptors (Lipinski definition) is 10. The Balaban J connectivity index is 1.66. The van der Waals surface area contributed by atoms with Gasteiger partial charge in [0.15, 0.2) is 11.2 Å². The van der Waals surface area contributed by atoms with E-state index >= 15 is 0 Å². The molecule has 4 aromatic rings. The van der Waals surface area contributed by atoms with Gasteiger partial charge in [0.1, 0.15) is 25.0 Å². The maximum atomic E-state index is 12.7. The molecule has 56 heavy (non-hydrogen) atoms. The number of carbonyl (C=O) groups is 1. The second-order valence-corrected chi connectivity index (χ2v) is 28.2. The Labute approximate surface area is 334 Å². The molecule has 1 fully saturated rings. The van der Waals surface area contributed by atoms with Gasteiger partial charge in [0.25, 0.3) is 0 Å². The van der Waals surface area contributed by atoms with Crippen molar-refractivity contribution >= 4 is 39.3 Å². The first kappa shape index (κ1) is 43.3. The number of ether oxygens (including phenoxy) is 5. The summed E-state index contributed by atoms with van der Waals surface area (Å²) in [6, 6.07) is 12.0. The third-order valence-electron chi connectivity index (χ3n) is 10.2. The van der Waals surface area contributed by atoms with Crippen LogP contribution in [0.15, 0.2) is 55.5 Å². The fourth-order valence-corrected chi connectivity index (χ4v) is 8.36. The zero-order valence-electron chi connectivity index (χ0n) is 34.7. The molecule has 0 bridgehead atoms. The molecule has 5 rings (SSSR count). The van der Waals surface area contributed by atoms with Gasteiger partial charge in [0.2, 0.25) is 0 Å². The molecular weight excluding hydrogens is 745 g/mol. The van der Waals surface area contributed by atoms with Crippen LogP contribution in [0.2, 0.25) is 51.4 Å². The molecule has 3 aromatic heterocycles. The van der Waals surface area contributed by atoms with Gasteiger partial charge in [-0.25, -0.2) is 14.5 Å². The summed E-state index contributed by atoms with van der Waals surface area (Å²) in [5, 5.41) is 20.0. The van der Waals surface area contributed by atoms with E-state index in [0.29, 0.717) is 74.9 Å². The number of carboxylic acids is 1. The van der Waals surface area contributed by atoms with Crippen LogP contribution < -0.4 is 4.90 Å². The van der Waals surface area contributed by atoms with Crippen LogP contribution in [0.5, 0.6) is 0 Å². The lowest BCUT2D eigenvalue weighted by Gasteiger charge is -2.37. The van der Waals surface area contributed by atoms with E-state index in [9.17, 15) is 9.90 Å². The summed E-state index contributed by atoms with van der Waals surface area (Å²) in [5.41, 5.74) is 3.42. The van der Waals surface area contributed by atoms with Crippen molar-refractivity contribution in [2.45, 2.75) is 95.5 Å². The second kappa shape index (κ2) is 19.1. The summed E-state index contributed by atoms with van der Waals surface area (Å²) in [6.45, 7) is 23.1. The fourth-order valence-electron chi connectivity index (χ4n) is 6.85. The average molecular weight is 807 g/mol. The maximum absolute atomic E-state index is 12.7. The third kappa shape index (κ3) is 10.9. The van der Waals surface area contributed by atoms with Gasteiger partial charge in [0.05, 0.1) is 49.2 Å². The highest BCUT2D eigenvalue weighted by atomic mass is 28.3. The number of para-hydroxylation sites is 1. The zero-order chi connectivity index (χ0) is 40.5. The van der Waals surface area contributed by atoms with Crippen molar-refractivity contribution in [3.8, 4) is 16.8 Å². The van der Waals surface area contributed by atoms with Crippen molar-refractivity contribution in [3.05, 3.63) is 66.8 Å². The Morgan fingerprint density at radius 1 is 0.946 bits per heavy atom. The lowest BCUT2D eigenvalue weighted by Crippen LogP contribution is -2.45. The topological polar surface area (TPSA) is 135 Å². The van der Waals surface area contributed by atoms with Crippen molar-refractivity contribution in [1.82, 2.24) is 24.4 Å². The van der Waals surface area contributed by atoms with Crippen LogP contribution in [0.25, 0.3) is 28.2 Å². The van der Waals surface area contributed by atoms with Crippen LogP contribution in [0, 0.1) is 0 Å². The Kier molecular flexibility index (Phi) is 14.7. The smallest absolute Gasteiger partial charge is 0.335 e. The first-order valence-electron chi connectivity index (χ1n) is 19.8. The van der Waals surface area contributed by atoms with E-state index in [-0.39, 0.29) is 26.0 Å². The highest BCUT2D eigenvalue weighted by Crippen LogP contribution is 2.45. The molecule has 0 radical (unpaired) electrons. The summed E-state index contributed by atoms with van der Waals surface area (Å²) in [4.78, 5) is 20.2. The molecule has 1 aliphatic rings. The van der Waals surface area contributed by atoms with Gasteiger partial charge in [-0.1, -0.05) is 64.1 Å². The third-order valence-corrected chi connectivity index (χ3v) is 13.6. The van der Waals surface area contributed by atoms with E-state index in [4.69, 9.17) is 33.8 Å². The molecule has 0 saturated heterocycles. The highest BCUT2D eigenvalue weighted by molar-refractivity contribution is 6.76. The van der Waals surface area contributed by atoms with Gasteiger partial charge in [-0.15, -0.1) is 0 Å². The molecule has 1 aromatic carbocycles. The number of rotatable bonds is 22. The highest BCUT2D eigenvalue weighted by Gasteiger charge is 2.45. The Bertz CT molecular complexity index is 1870. The van der Waals surface area contributed by atoms with Gasteiger partial charge in [-0.05, 0) is 56.8 Å². The number of aromatic nitrogens is 5. The summed E-state index contributed by atoms with van der Waals surface area (Å²) in [5.74, 6) is 0.0847. The van der Waals surface area contributed by atoms with E-state index in [0.717, 1.165) is 34.6 Å². The van der Waals surface area contributed by atoms with E-state index in [1.807, 2.05) is 65.0 Å². The number of fused-ring (bicyclic) bond motifs is 1. The van der Waals surface area contributed by atoms with Crippen molar-refractivity contribution < 1.29 is 33.6 Å². The minimum Gasteiger partial charge on any atom is -0.494 e. The molecule has 0 unspecified atom stereocenters. The molecule has 1 aliphatic carbocycles. The van der Waals surface area contributed by atoms with Crippen molar-refractivity contribution in [2.75, 3.05) is 58.5 Å². The molecule has 0 spiro atoms. The summed E-state index contributed by atoms with van der Waals surface area (Å²) < 4.78 is 34.0. The quantitative estimate of drug-likeness (QED) is 0.0357. The monoisotopic (exact) mass is 806 g/mol. The number of benzene rings is 1. The number of hydrogen-bond donors (Lipinski definition) is 1. The number of anilines is 1. The zero-order valence-corrected chi connectivity index (χ0v) is 36.7. The van der Waals surface area contributed by atoms with Gasteiger partial charge in [0, 0.05) is 59.7 Å². The van der Waals surface area contributed by atoms with Crippen LogP contribution in [-0.4, -0.2) is 111 Å². The molecule has 0 aliphatic heterocycles. The number of nitrogens with zero attached hydrogens (tertiary/aromatic N) is 6. The van der Waals surface area contributed by atoms with Gasteiger partial charge >= 0.3 is 5.97 Å². The molecule has 1 saturated carbocycles. The van der Waals surface area contributed by atoms with E-state index in [2.05, 4.69) is 55.9 Å². The molecular formula is C41H62N6O7Si2. The van der Waals surface area contributed by atoms with Crippen molar-refractivity contribution in [1.29, 1.82) is 0 Å². The van der Waals surface area contributed by atoms with Crippen molar-refractivity contribution in [3.63, 3.8) is 0 Å².